The Morgan fingerprint density at radius 1 is 1.26 bits per heavy atom. The third kappa shape index (κ3) is 2.29. The van der Waals surface area contributed by atoms with Crippen LogP contribution < -0.4 is 5.73 Å². The second kappa shape index (κ2) is 4.79. The molecule has 2 N–H and O–H groups in total. The molecule has 0 amide bonds. The Morgan fingerprint density at radius 3 is 2.84 bits per heavy atom. The van der Waals surface area contributed by atoms with Crippen LogP contribution in [0.4, 0.5) is 5.69 Å². The molecule has 0 aliphatic carbocycles. The van der Waals surface area contributed by atoms with Crippen molar-refractivity contribution in [1.82, 2.24) is 10.1 Å². The normalized spacial score (nSPS) is 10.8. The van der Waals surface area contributed by atoms with Crippen LogP contribution in [0.2, 0.25) is 0 Å². The van der Waals surface area contributed by atoms with Crippen LogP contribution in [0.3, 0.4) is 0 Å². The fourth-order valence-electron chi connectivity index (χ4n) is 1.75. The molecular weight excluding hydrogens is 326 g/mol. The number of anilines is 1. The highest BCUT2D eigenvalue weighted by molar-refractivity contribution is 9.11. The van der Waals surface area contributed by atoms with Gasteiger partial charge in [0.1, 0.15) is 0 Å². The van der Waals surface area contributed by atoms with Crippen molar-refractivity contribution in [3.05, 3.63) is 39.7 Å². The van der Waals surface area contributed by atoms with Crippen LogP contribution in [0, 0.1) is 6.92 Å². The van der Waals surface area contributed by atoms with E-state index in [1.54, 1.807) is 11.3 Å². The van der Waals surface area contributed by atoms with Gasteiger partial charge in [-0.25, -0.2) is 0 Å². The minimum Gasteiger partial charge on any atom is -0.398 e. The fraction of sp³-hybridized carbons (Fsp3) is 0.0769. The molecule has 3 aromatic rings. The van der Waals surface area contributed by atoms with Crippen LogP contribution in [0.15, 0.2) is 38.6 Å². The van der Waals surface area contributed by atoms with E-state index in [-0.39, 0.29) is 0 Å². The van der Waals surface area contributed by atoms with E-state index in [0.717, 1.165) is 25.5 Å². The van der Waals surface area contributed by atoms with Gasteiger partial charge in [0.15, 0.2) is 0 Å². The van der Waals surface area contributed by atoms with Crippen molar-refractivity contribution >= 4 is 33.0 Å². The van der Waals surface area contributed by atoms with Gasteiger partial charge >= 0.3 is 0 Å². The summed E-state index contributed by atoms with van der Waals surface area (Å²) in [4.78, 5) is 5.38. The number of thiophene rings is 1. The summed E-state index contributed by atoms with van der Waals surface area (Å²) in [6.07, 6.45) is 0. The van der Waals surface area contributed by atoms with Crippen LogP contribution >= 0.6 is 27.3 Å². The molecule has 0 unspecified atom stereocenters. The van der Waals surface area contributed by atoms with Crippen molar-refractivity contribution in [2.75, 3.05) is 5.73 Å². The number of hydrogen-bond donors (Lipinski definition) is 1. The van der Waals surface area contributed by atoms with E-state index in [2.05, 4.69) is 26.1 Å². The quantitative estimate of drug-likeness (QED) is 0.715. The standard InChI is InChI=1S/C13H10BrN3OS/c1-7-8(3-2-4-9(7)15)13-16-12(17-18-13)10-5-6-11(14)19-10/h2-6H,15H2,1H3. The highest BCUT2D eigenvalue weighted by Gasteiger charge is 2.14. The molecule has 4 nitrogen and oxygen atoms in total. The van der Waals surface area contributed by atoms with E-state index in [1.807, 2.05) is 37.3 Å². The molecule has 0 spiro atoms. The first-order valence-corrected chi connectivity index (χ1v) is 7.21. The maximum absolute atomic E-state index is 5.89. The maximum Gasteiger partial charge on any atom is 0.258 e. The van der Waals surface area contributed by atoms with Gasteiger partial charge in [0.2, 0.25) is 5.82 Å². The highest BCUT2D eigenvalue weighted by Crippen LogP contribution is 2.32. The van der Waals surface area contributed by atoms with Gasteiger partial charge in [-0.3, -0.25) is 0 Å². The number of halogens is 1. The van der Waals surface area contributed by atoms with Gasteiger partial charge in [0.25, 0.3) is 5.89 Å². The topological polar surface area (TPSA) is 64.9 Å². The molecule has 0 radical (unpaired) electrons. The molecule has 0 aliphatic rings. The predicted octanol–water partition coefficient (Wildman–Crippen LogP) is 4.12. The van der Waals surface area contributed by atoms with E-state index < -0.39 is 0 Å². The number of aromatic nitrogens is 2. The first-order valence-electron chi connectivity index (χ1n) is 5.60. The Hall–Kier alpha value is -1.66. The van der Waals surface area contributed by atoms with Crippen molar-refractivity contribution < 1.29 is 4.52 Å². The minimum absolute atomic E-state index is 0.490. The molecule has 2 heterocycles. The van der Waals surface area contributed by atoms with Gasteiger partial charge in [-0.2, -0.15) is 4.98 Å². The average Bonchev–Trinajstić information content (AvgIpc) is 3.01. The maximum atomic E-state index is 5.89. The van der Waals surface area contributed by atoms with Crippen LogP contribution in [-0.4, -0.2) is 10.1 Å². The molecule has 6 heteroatoms. The molecule has 0 fully saturated rings. The molecule has 19 heavy (non-hydrogen) atoms. The Morgan fingerprint density at radius 2 is 2.11 bits per heavy atom. The fourth-order valence-corrected chi connectivity index (χ4v) is 3.06. The zero-order chi connectivity index (χ0) is 13.4. The highest BCUT2D eigenvalue weighted by atomic mass is 79.9. The molecule has 0 bridgehead atoms. The van der Waals surface area contributed by atoms with Gasteiger partial charge < -0.3 is 10.3 Å². The Balaban J connectivity index is 2.04. The van der Waals surface area contributed by atoms with Gasteiger partial charge in [0, 0.05) is 11.3 Å². The first-order chi connectivity index (χ1) is 9.15. The molecule has 96 valence electrons. The van der Waals surface area contributed by atoms with Crippen molar-refractivity contribution in [2.45, 2.75) is 6.92 Å². The lowest BCUT2D eigenvalue weighted by atomic mass is 10.1. The summed E-state index contributed by atoms with van der Waals surface area (Å²) in [6, 6.07) is 9.57. The average molecular weight is 336 g/mol. The molecule has 2 aromatic heterocycles. The van der Waals surface area contributed by atoms with Gasteiger partial charge in [-0.05, 0) is 52.7 Å². The number of rotatable bonds is 2. The molecule has 0 atom stereocenters. The van der Waals surface area contributed by atoms with E-state index in [4.69, 9.17) is 10.3 Å². The number of hydrogen-bond acceptors (Lipinski definition) is 5. The summed E-state index contributed by atoms with van der Waals surface area (Å²) < 4.78 is 6.36. The third-order valence-corrected chi connectivity index (χ3v) is 4.45. The zero-order valence-electron chi connectivity index (χ0n) is 10.1. The summed E-state index contributed by atoms with van der Waals surface area (Å²) >= 11 is 4.98. The second-order valence-electron chi connectivity index (χ2n) is 4.05. The van der Waals surface area contributed by atoms with Crippen LogP contribution in [0.1, 0.15) is 5.56 Å². The molecule has 1 aromatic carbocycles. The summed E-state index contributed by atoms with van der Waals surface area (Å²) in [7, 11) is 0. The van der Waals surface area contributed by atoms with Crippen molar-refractivity contribution in [1.29, 1.82) is 0 Å². The van der Waals surface area contributed by atoms with Gasteiger partial charge in [-0.15, -0.1) is 11.3 Å². The monoisotopic (exact) mass is 335 g/mol. The predicted molar refractivity (Wildman–Crippen MR) is 79.9 cm³/mol. The molecular formula is C13H10BrN3OS. The molecule has 0 saturated carbocycles. The van der Waals surface area contributed by atoms with E-state index in [0.29, 0.717) is 11.7 Å². The Kier molecular flexibility index (Phi) is 3.12. The van der Waals surface area contributed by atoms with Crippen molar-refractivity contribution in [2.24, 2.45) is 0 Å². The summed E-state index contributed by atoms with van der Waals surface area (Å²) in [5.74, 6) is 1.08. The Labute approximate surface area is 122 Å². The lowest BCUT2D eigenvalue weighted by Crippen LogP contribution is -1.91. The summed E-state index contributed by atoms with van der Waals surface area (Å²) in [6.45, 7) is 1.94. The number of benzene rings is 1. The minimum atomic E-state index is 0.490. The lowest BCUT2D eigenvalue weighted by molar-refractivity contribution is 0.432. The van der Waals surface area contributed by atoms with E-state index >= 15 is 0 Å². The number of nitrogen functional groups attached to an aromatic ring is 1. The van der Waals surface area contributed by atoms with Crippen molar-refractivity contribution in [3.63, 3.8) is 0 Å². The largest absolute Gasteiger partial charge is 0.398 e. The summed E-state index contributed by atoms with van der Waals surface area (Å²) in [5.41, 5.74) is 8.42. The van der Waals surface area contributed by atoms with E-state index in [1.165, 1.54) is 0 Å². The molecule has 0 saturated heterocycles. The Bertz CT molecular complexity index is 735. The smallest absolute Gasteiger partial charge is 0.258 e. The molecule has 0 aliphatic heterocycles. The number of nitrogens with two attached hydrogens (primary N) is 1. The van der Waals surface area contributed by atoms with Crippen LogP contribution in [0.5, 0.6) is 0 Å². The lowest BCUT2D eigenvalue weighted by Gasteiger charge is -2.02. The van der Waals surface area contributed by atoms with Crippen molar-refractivity contribution in [3.8, 4) is 22.2 Å². The molecule has 3 rings (SSSR count). The SMILES string of the molecule is Cc1c(N)cccc1-c1nc(-c2ccc(Br)s2)no1. The number of nitrogens with zero attached hydrogens (tertiary/aromatic N) is 2. The zero-order valence-corrected chi connectivity index (χ0v) is 12.5. The summed E-state index contributed by atoms with van der Waals surface area (Å²) in [5, 5.41) is 4.01. The second-order valence-corrected chi connectivity index (χ2v) is 6.51. The first kappa shape index (κ1) is 12.4. The van der Waals surface area contributed by atoms with Crippen LogP contribution in [-0.2, 0) is 0 Å². The third-order valence-electron chi connectivity index (χ3n) is 2.83. The van der Waals surface area contributed by atoms with Crippen LogP contribution in [0.25, 0.3) is 22.2 Å². The van der Waals surface area contributed by atoms with Gasteiger partial charge in [0.05, 0.1) is 8.66 Å². The van der Waals surface area contributed by atoms with E-state index in [9.17, 15) is 0 Å². The van der Waals surface area contributed by atoms with Gasteiger partial charge in [-0.1, -0.05) is 11.2 Å².